The average Bonchev–Trinajstić information content (AvgIpc) is 2.37. The van der Waals surface area contributed by atoms with Crippen molar-refractivity contribution in [1.29, 1.82) is 0 Å². The standard InChI is InChI=1S/C13H24N2O3/c1-3-5-13(12(17)18)6-9-15(10-7-13)11(16)4-8-14-2/h14H,3-10H2,1-2H3,(H,17,18). The van der Waals surface area contributed by atoms with Gasteiger partial charge in [-0.1, -0.05) is 13.3 Å². The summed E-state index contributed by atoms with van der Waals surface area (Å²) in [4.78, 5) is 25.0. The fraction of sp³-hybridized carbons (Fsp3) is 0.846. The molecule has 0 bridgehead atoms. The summed E-state index contributed by atoms with van der Waals surface area (Å²) in [5, 5.41) is 12.3. The number of carboxylic acid groups (broad SMARTS) is 1. The van der Waals surface area contributed by atoms with Crippen LogP contribution in [0.15, 0.2) is 0 Å². The highest BCUT2D eigenvalue weighted by Crippen LogP contribution is 2.36. The van der Waals surface area contributed by atoms with Gasteiger partial charge in [-0.2, -0.15) is 0 Å². The Balaban J connectivity index is 2.52. The minimum absolute atomic E-state index is 0.125. The van der Waals surface area contributed by atoms with Crippen molar-refractivity contribution >= 4 is 11.9 Å². The molecular weight excluding hydrogens is 232 g/mol. The molecule has 2 N–H and O–H groups in total. The van der Waals surface area contributed by atoms with Crippen LogP contribution >= 0.6 is 0 Å². The predicted molar refractivity (Wildman–Crippen MR) is 69.3 cm³/mol. The van der Waals surface area contributed by atoms with Gasteiger partial charge in [0.2, 0.25) is 5.91 Å². The molecule has 5 nitrogen and oxygen atoms in total. The van der Waals surface area contributed by atoms with Gasteiger partial charge in [0, 0.05) is 26.1 Å². The number of amides is 1. The number of carbonyl (C=O) groups is 2. The third kappa shape index (κ3) is 3.45. The van der Waals surface area contributed by atoms with E-state index in [9.17, 15) is 14.7 Å². The second-order valence-corrected chi connectivity index (χ2v) is 5.07. The molecule has 0 aromatic heterocycles. The van der Waals surface area contributed by atoms with Gasteiger partial charge in [0.15, 0.2) is 0 Å². The highest BCUT2D eigenvalue weighted by atomic mass is 16.4. The molecule has 0 unspecified atom stereocenters. The zero-order valence-corrected chi connectivity index (χ0v) is 11.4. The third-order valence-corrected chi connectivity index (χ3v) is 3.84. The van der Waals surface area contributed by atoms with E-state index in [1.54, 1.807) is 4.90 Å². The van der Waals surface area contributed by atoms with E-state index < -0.39 is 11.4 Å². The number of hydrogen-bond donors (Lipinski definition) is 2. The summed E-state index contributed by atoms with van der Waals surface area (Å²) in [5.74, 6) is -0.577. The Hall–Kier alpha value is -1.10. The van der Waals surface area contributed by atoms with Gasteiger partial charge in [-0.05, 0) is 26.3 Å². The zero-order chi connectivity index (χ0) is 13.6. The molecule has 1 heterocycles. The summed E-state index contributed by atoms with van der Waals surface area (Å²) in [6, 6.07) is 0. The maximum atomic E-state index is 11.8. The van der Waals surface area contributed by atoms with Gasteiger partial charge in [-0.25, -0.2) is 0 Å². The lowest BCUT2D eigenvalue weighted by Crippen LogP contribution is -2.46. The van der Waals surface area contributed by atoms with Crippen molar-refractivity contribution in [2.75, 3.05) is 26.7 Å². The SMILES string of the molecule is CCCC1(C(=O)O)CCN(C(=O)CCNC)CC1. The molecule has 1 saturated heterocycles. The normalized spacial score (nSPS) is 18.7. The first-order chi connectivity index (χ1) is 8.55. The van der Waals surface area contributed by atoms with Crippen molar-refractivity contribution in [2.24, 2.45) is 5.41 Å². The number of piperidine rings is 1. The first kappa shape index (κ1) is 15.0. The van der Waals surface area contributed by atoms with E-state index in [4.69, 9.17) is 0 Å². The first-order valence-electron chi connectivity index (χ1n) is 6.71. The minimum atomic E-state index is -0.702. The Morgan fingerprint density at radius 1 is 1.33 bits per heavy atom. The monoisotopic (exact) mass is 256 g/mol. The van der Waals surface area contributed by atoms with Crippen molar-refractivity contribution < 1.29 is 14.7 Å². The molecule has 1 aliphatic rings. The van der Waals surface area contributed by atoms with Crippen LogP contribution in [0.2, 0.25) is 0 Å². The van der Waals surface area contributed by atoms with Crippen LogP contribution in [0.4, 0.5) is 0 Å². The number of carbonyl (C=O) groups excluding carboxylic acids is 1. The van der Waals surface area contributed by atoms with Crippen molar-refractivity contribution in [2.45, 2.75) is 39.0 Å². The van der Waals surface area contributed by atoms with Crippen LogP contribution in [0.5, 0.6) is 0 Å². The summed E-state index contributed by atoms with van der Waals surface area (Å²) in [6.07, 6.45) is 3.24. The van der Waals surface area contributed by atoms with Gasteiger partial charge < -0.3 is 15.3 Å². The highest BCUT2D eigenvalue weighted by molar-refractivity contribution is 5.78. The van der Waals surface area contributed by atoms with Crippen molar-refractivity contribution in [3.8, 4) is 0 Å². The number of nitrogens with one attached hydrogen (secondary N) is 1. The fourth-order valence-corrected chi connectivity index (χ4v) is 2.62. The van der Waals surface area contributed by atoms with E-state index in [1.807, 2.05) is 14.0 Å². The number of hydrogen-bond acceptors (Lipinski definition) is 3. The molecule has 0 radical (unpaired) electrons. The average molecular weight is 256 g/mol. The topological polar surface area (TPSA) is 69.6 Å². The minimum Gasteiger partial charge on any atom is -0.481 e. The Labute approximate surface area is 109 Å². The van der Waals surface area contributed by atoms with Crippen molar-refractivity contribution in [1.82, 2.24) is 10.2 Å². The summed E-state index contributed by atoms with van der Waals surface area (Å²) in [6.45, 7) is 3.84. The second-order valence-electron chi connectivity index (χ2n) is 5.07. The summed E-state index contributed by atoms with van der Waals surface area (Å²) in [5.41, 5.74) is -0.603. The molecule has 104 valence electrons. The van der Waals surface area contributed by atoms with Gasteiger partial charge in [-0.15, -0.1) is 0 Å². The van der Waals surface area contributed by atoms with Crippen molar-refractivity contribution in [3.05, 3.63) is 0 Å². The van der Waals surface area contributed by atoms with Gasteiger partial charge in [0.1, 0.15) is 0 Å². The quantitative estimate of drug-likeness (QED) is 0.746. The summed E-state index contributed by atoms with van der Waals surface area (Å²) >= 11 is 0. The lowest BCUT2D eigenvalue weighted by Gasteiger charge is -2.38. The second kappa shape index (κ2) is 6.73. The predicted octanol–water partition coefficient (Wildman–Crippen LogP) is 1.09. The Morgan fingerprint density at radius 2 is 1.94 bits per heavy atom. The Kier molecular flexibility index (Phi) is 5.59. The van der Waals surface area contributed by atoms with E-state index >= 15 is 0 Å². The molecular formula is C13H24N2O3. The van der Waals surface area contributed by atoms with Crippen LogP contribution < -0.4 is 5.32 Å². The first-order valence-corrected chi connectivity index (χ1v) is 6.71. The highest BCUT2D eigenvalue weighted by Gasteiger charge is 2.41. The maximum Gasteiger partial charge on any atom is 0.309 e. The van der Waals surface area contributed by atoms with E-state index in [0.717, 1.165) is 6.42 Å². The van der Waals surface area contributed by atoms with Crippen molar-refractivity contribution in [3.63, 3.8) is 0 Å². The van der Waals surface area contributed by atoms with Crippen LogP contribution in [-0.2, 0) is 9.59 Å². The maximum absolute atomic E-state index is 11.8. The van der Waals surface area contributed by atoms with Crippen LogP contribution in [0, 0.1) is 5.41 Å². The van der Waals surface area contributed by atoms with E-state index in [1.165, 1.54) is 0 Å². The zero-order valence-electron chi connectivity index (χ0n) is 11.4. The number of likely N-dealkylation sites (tertiary alicyclic amines) is 1. The molecule has 1 rings (SSSR count). The molecule has 1 fully saturated rings. The van der Waals surface area contributed by atoms with Gasteiger partial charge in [0.25, 0.3) is 0 Å². The lowest BCUT2D eigenvalue weighted by atomic mass is 9.75. The molecule has 0 aliphatic carbocycles. The number of carboxylic acids is 1. The molecule has 1 aliphatic heterocycles. The molecule has 1 amide bonds. The summed E-state index contributed by atoms with van der Waals surface area (Å²) < 4.78 is 0. The molecule has 5 heteroatoms. The van der Waals surface area contributed by atoms with Crippen LogP contribution in [-0.4, -0.2) is 48.6 Å². The van der Waals surface area contributed by atoms with Crippen LogP contribution in [0.1, 0.15) is 39.0 Å². The molecule has 0 atom stereocenters. The van der Waals surface area contributed by atoms with E-state index in [0.29, 0.717) is 45.3 Å². The fourth-order valence-electron chi connectivity index (χ4n) is 2.62. The van der Waals surface area contributed by atoms with Crippen LogP contribution in [0.25, 0.3) is 0 Å². The molecule has 0 saturated carbocycles. The number of aliphatic carboxylic acids is 1. The summed E-state index contributed by atoms with van der Waals surface area (Å²) in [7, 11) is 1.82. The smallest absolute Gasteiger partial charge is 0.309 e. The molecule has 0 aromatic carbocycles. The molecule has 0 aromatic rings. The van der Waals surface area contributed by atoms with E-state index in [-0.39, 0.29) is 5.91 Å². The van der Waals surface area contributed by atoms with Gasteiger partial charge in [-0.3, -0.25) is 9.59 Å². The number of rotatable bonds is 6. The van der Waals surface area contributed by atoms with Gasteiger partial charge >= 0.3 is 5.97 Å². The van der Waals surface area contributed by atoms with Gasteiger partial charge in [0.05, 0.1) is 5.41 Å². The largest absolute Gasteiger partial charge is 0.481 e. The van der Waals surface area contributed by atoms with E-state index in [2.05, 4.69) is 5.32 Å². The van der Waals surface area contributed by atoms with Crippen LogP contribution in [0.3, 0.4) is 0 Å². The molecule has 0 spiro atoms. The lowest BCUT2D eigenvalue weighted by molar-refractivity contribution is -0.155. The Bertz CT molecular complexity index is 297. The third-order valence-electron chi connectivity index (χ3n) is 3.84. The number of nitrogens with zero attached hydrogens (tertiary/aromatic N) is 1. The Morgan fingerprint density at radius 3 is 2.39 bits per heavy atom. The molecule has 18 heavy (non-hydrogen) atoms.